The van der Waals surface area contributed by atoms with E-state index in [4.69, 9.17) is 11.6 Å². The molecular formula is C13H22ClN3O. The minimum atomic E-state index is -0.231. The molecule has 0 bridgehead atoms. The molecule has 0 aromatic carbocycles. The van der Waals surface area contributed by atoms with Crippen LogP contribution in [0, 0.1) is 0 Å². The highest BCUT2D eigenvalue weighted by Gasteiger charge is 2.10. The number of nitrogens with zero attached hydrogens (tertiary/aromatic N) is 2. The molecule has 0 saturated heterocycles. The van der Waals surface area contributed by atoms with Crippen molar-refractivity contribution in [1.29, 1.82) is 0 Å². The molecule has 1 aromatic rings. The summed E-state index contributed by atoms with van der Waals surface area (Å²) in [4.78, 5) is 11.9. The molecule has 102 valence electrons. The highest BCUT2D eigenvalue weighted by Crippen LogP contribution is 2.16. The summed E-state index contributed by atoms with van der Waals surface area (Å²) in [7, 11) is 0. The first-order chi connectivity index (χ1) is 8.57. The van der Waals surface area contributed by atoms with Gasteiger partial charge in [-0.3, -0.25) is 4.79 Å². The fourth-order valence-corrected chi connectivity index (χ4v) is 1.91. The summed E-state index contributed by atoms with van der Waals surface area (Å²) < 4.78 is 1.39. The molecule has 0 spiro atoms. The van der Waals surface area contributed by atoms with E-state index in [1.54, 1.807) is 6.20 Å². The first kappa shape index (κ1) is 15.0. The highest BCUT2D eigenvalue weighted by atomic mass is 35.5. The van der Waals surface area contributed by atoms with Gasteiger partial charge < -0.3 is 5.32 Å². The average molecular weight is 272 g/mol. The van der Waals surface area contributed by atoms with Gasteiger partial charge in [-0.25, -0.2) is 4.68 Å². The number of anilines is 1. The van der Waals surface area contributed by atoms with E-state index in [0.29, 0.717) is 5.69 Å². The van der Waals surface area contributed by atoms with E-state index in [2.05, 4.69) is 17.3 Å². The largest absolute Gasteiger partial charge is 0.382 e. The zero-order valence-corrected chi connectivity index (χ0v) is 12.1. The first-order valence-electron chi connectivity index (χ1n) is 6.59. The van der Waals surface area contributed by atoms with Crippen LogP contribution in [0.5, 0.6) is 0 Å². The number of rotatable bonds is 7. The van der Waals surface area contributed by atoms with E-state index in [9.17, 15) is 4.79 Å². The lowest BCUT2D eigenvalue weighted by Gasteiger charge is -2.12. The molecule has 4 nitrogen and oxygen atoms in total. The molecule has 0 fully saturated rings. The minimum absolute atomic E-state index is 0.0219. The molecule has 5 heteroatoms. The van der Waals surface area contributed by atoms with Crippen molar-refractivity contribution in [3.63, 3.8) is 0 Å². The number of aromatic nitrogens is 2. The highest BCUT2D eigenvalue weighted by molar-refractivity contribution is 6.32. The lowest BCUT2D eigenvalue weighted by molar-refractivity contribution is 0.503. The average Bonchev–Trinajstić information content (AvgIpc) is 2.33. The van der Waals surface area contributed by atoms with Gasteiger partial charge in [0.25, 0.3) is 5.56 Å². The number of hydrogen-bond donors (Lipinski definition) is 1. The van der Waals surface area contributed by atoms with Gasteiger partial charge in [0.05, 0.1) is 17.9 Å². The van der Waals surface area contributed by atoms with Crippen molar-refractivity contribution >= 4 is 17.3 Å². The van der Waals surface area contributed by atoms with E-state index < -0.39 is 0 Å². The molecule has 18 heavy (non-hydrogen) atoms. The molecule has 1 aromatic heterocycles. The second kappa shape index (κ2) is 7.41. The Morgan fingerprint density at radius 1 is 1.39 bits per heavy atom. The number of halogens is 1. The second-order valence-corrected chi connectivity index (χ2v) is 5.08. The molecule has 0 radical (unpaired) electrons. The fraction of sp³-hybridized carbons (Fsp3) is 0.692. The molecule has 0 amide bonds. The van der Waals surface area contributed by atoms with Crippen LogP contribution in [-0.2, 0) is 0 Å². The summed E-state index contributed by atoms with van der Waals surface area (Å²) in [6.45, 7) is 6.82. The van der Waals surface area contributed by atoms with Gasteiger partial charge in [0, 0.05) is 6.54 Å². The molecule has 0 atom stereocenters. The summed E-state index contributed by atoms with van der Waals surface area (Å²) in [5, 5.41) is 7.51. The maximum Gasteiger partial charge on any atom is 0.287 e. The minimum Gasteiger partial charge on any atom is -0.382 e. The second-order valence-electron chi connectivity index (χ2n) is 4.70. The predicted octanol–water partition coefficient (Wildman–Crippen LogP) is 3.47. The third-order valence-corrected chi connectivity index (χ3v) is 3.14. The van der Waals surface area contributed by atoms with Gasteiger partial charge in [-0.15, -0.1) is 0 Å². The fourth-order valence-electron chi connectivity index (χ4n) is 1.71. The monoisotopic (exact) mass is 271 g/mol. The smallest absolute Gasteiger partial charge is 0.287 e. The standard InChI is InChI=1S/C13H22ClN3O/c1-4-5-6-7-8-15-11-9-16-17(10(2)3)13(18)12(11)14/h9-10,15H,4-8H2,1-3H3. The van der Waals surface area contributed by atoms with Crippen LogP contribution in [0.15, 0.2) is 11.0 Å². The predicted molar refractivity (Wildman–Crippen MR) is 76.5 cm³/mol. The van der Waals surface area contributed by atoms with Gasteiger partial charge >= 0.3 is 0 Å². The van der Waals surface area contributed by atoms with Gasteiger partial charge in [-0.05, 0) is 20.3 Å². The van der Waals surface area contributed by atoms with E-state index >= 15 is 0 Å². The summed E-state index contributed by atoms with van der Waals surface area (Å²) in [5.74, 6) is 0. The molecule has 0 aliphatic heterocycles. The van der Waals surface area contributed by atoms with Crippen molar-refractivity contribution in [1.82, 2.24) is 9.78 Å². The molecule has 0 aliphatic carbocycles. The van der Waals surface area contributed by atoms with Crippen LogP contribution in [0.2, 0.25) is 5.02 Å². The number of hydrogen-bond acceptors (Lipinski definition) is 3. The zero-order chi connectivity index (χ0) is 13.5. The van der Waals surface area contributed by atoms with Gasteiger partial charge in [-0.2, -0.15) is 5.10 Å². The summed E-state index contributed by atoms with van der Waals surface area (Å²) in [6, 6.07) is 0.0219. The lowest BCUT2D eigenvalue weighted by atomic mass is 10.2. The van der Waals surface area contributed by atoms with Crippen molar-refractivity contribution < 1.29 is 0 Å². The van der Waals surface area contributed by atoms with E-state index in [1.165, 1.54) is 23.9 Å². The Morgan fingerprint density at radius 2 is 2.11 bits per heavy atom. The third kappa shape index (κ3) is 4.02. The molecule has 1 N–H and O–H groups in total. The van der Waals surface area contributed by atoms with Gasteiger partial charge in [0.2, 0.25) is 0 Å². The molecule has 1 heterocycles. The molecule has 0 saturated carbocycles. The van der Waals surface area contributed by atoms with Crippen LogP contribution in [0.4, 0.5) is 5.69 Å². The van der Waals surface area contributed by atoms with E-state index in [0.717, 1.165) is 13.0 Å². The topological polar surface area (TPSA) is 46.9 Å². The number of unbranched alkanes of at least 4 members (excludes halogenated alkanes) is 3. The maximum atomic E-state index is 11.9. The molecule has 0 unspecified atom stereocenters. The lowest BCUT2D eigenvalue weighted by Crippen LogP contribution is -2.25. The van der Waals surface area contributed by atoms with Crippen molar-refractivity contribution in [2.45, 2.75) is 52.5 Å². The van der Waals surface area contributed by atoms with Gasteiger partial charge in [0.1, 0.15) is 5.02 Å². The molecular weight excluding hydrogens is 250 g/mol. The third-order valence-electron chi connectivity index (χ3n) is 2.78. The van der Waals surface area contributed by atoms with E-state index in [1.807, 2.05) is 13.8 Å². The Bertz CT molecular complexity index is 429. The summed E-state index contributed by atoms with van der Waals surface area (Å²) in [5.41, 5.74) is 0.403. The Morgan fingerprint density at radius 3 is 2.72 bits per heavy atom. The normalized spacial score (nSPS) is 10.9. The van der Waals surface area contributed by atoms with Crippen molar-refractivity contribution in [2.24, 2.45) is 0 Å². The summed E-state index contributed by atoms with van der Waals surface area (Å²) in [6.07, 6.45) is 6.36. The number of nitrogens with one attached hydrogen (secondary N) is 1. The zero-order valence-electron chi connectivity index (χ0n) is 11.4. The first-order valence-corrected chi connectivity index (χ1v) is 6.97. The van der Waals surface area contributed by atoms with Gasteiger partial charge in [-0.1, -0.05) is 37.8 Å². The molecule has 0 aliphatic rings. The Kier molecular flexibility index (Phi) is 6.19. The Hall–Kier alpha value is -1.03. The van der Waals surface area contributed by atoms with Crippen LogP contribution >= 0.6 is 11.6 Å². The van der Waals surface area contributed by atoms with Crippen molar-refractivity contribution in [3.05, 3.63) is 21.6 Å². The Labute approximate surface area is 113 Å². The van der Waals surface area contributed by atoms with Crippen LogP contribution in [0.1, 0.15) is 52.5 Å². The quantitative estimate of drug-likeness (QED) is 0.773. The Balaban J connectivity index is 2.63. The van der Waals surface area contributed by atoms with Crippen LogP contribution < -0.4 is 10.9 Å². The van der Waals surface area contributed by atoms with Crippen LogP contribution in [-0.4, -0.2) is 16.3 Å². The van der Waals surface area contributed by atoms with E-state index in [-0.39, 0.29) is 16.6 Å². The van der Waals surface area contributed by atoms with Crippen LogP contribution in [0.3, 0.4) is 0 Å². The molecule has 1 rings (SSSR count). The maximum absolute atomic E-state index is 11.9. The SMILES string of the molecule is CCCCCCNc1cnn(C(C)C)c(=O)c1Cl. The van der Waals surface area contributed by atoms with Crippen molar-refractivity contribution in [2.75, 3.05) is 11.9 Å². The van der Waals surface area contributed by atoms with Crippen molar-refractivity contribution in [3.8, 4) is 0 Å². The van der Waals surface area contributed by atoms with Crippen LogP contribution in [0.25, 0.3) is 0 Å². The van der Waals surface area contributed by atoms with Gasteiger partial charge in [0.15, 0.2) is 0 Å². The summed E-state index contributed by atoms with van der Waals surface area (Å²) >= 11 is 6.05.